The Kier molecular flexibility index (Phi) is 7.15. The molecular weight excluding hydrogens is 368 g/mol. The summed E-state index contributed by atoms with van der Waals surface area (Å²) in [6.07, 6.45) is 10.9. The number of hydrogen-bond donors (Lipinski definition) is 1. The minimum absolute atomic E-state index is 0.182. The van der Waals surface area contributed by atoms with E-state index in [-0.39, 0.29) is 11.3 Å². The SMILES string of the molecule is Cc1ccc(O)cc1CC[C@@H]1C(=O)CC[C@]2(C)[C@@H]([C@H](C)/C=C/C(C)C(C)C)CC[C@@H]12. The van der Waals surface area contributed by atoms with Crippen LogP contribution in [0.2, 0.25) is 0 Å². The van der Waals surface area contributed by atoms with Gasteiger partial charge in [0.1, 0.15) is 11.5 Å². The van der Waals surface area contributed by atoms with Crippen LogP contribution in [-0.4, -0.2) is 10.9 Å². The number of carbonyl (C=O) groups excluding carboxylic acids is 1. The Morgan fingerprint density at radius 1 is 1.17 bits per heavy atom. The van der Waals surface area contributed by atoms with Crippen molar-refractivity contribution in [3.8, 4) is 5.75 Å². The Balaban J connectivity index is 1.73. The van der Waals surface area contributed by atoms with Gasteiger partial charge in [-0.25, -0.2) is 0 Å². The van der Waals surface area contributed by atoms with Crippen LogP contribution in [-0.2, 0) is 11.2 Å². The molecule has 3 rings (SSSR count). The van der Waals surface area contributed by atoms with E-state index >= 15 is 0 Å². The molecule has 166 valence electrons. The molecule has 1 aromatic rings. The lowest BCUT2D eigenvalue weighted by Crippen LogP contribution is -2.43. The molecule has 2 fully saturated rings. The Morgan fingerprint density at radius 3 is 2.60 bits per heavy atom. The van der Waals surface area contributed by atoms with E-state index in [1.165, 1.54) is 24.0 Å². The summed E-state index contributed by atoms with van der Waals surface area (Å²) in [4.78, 5) is 13.0. The highest BCUT2D eigenvalue weighted by Crippen LogP contribution is 2.59. The number of carbonyl (C=O) groups is 1. The third-order valence-corrected chi connectivity index (χ3v) is 8.75. The van der Waals surface area contributed by atoms with Gasteiger partial charge in [-0.05, 0) is 97.3 Å². The molecule has 30 heavy (non-hydrogen) atoms. The summed E-state index contributed by atoms with van der Waals surface area (Å²) in [7, 11) is 0. The lowest BCUT2D eigenvalue weighted by Gasteiger charge is -2.46. The van der Waals surface area contributed by atoms with Gasteiger partial charge in [-0.15, -0.1) is 0 Å². The average Bonchev–Trinajstić information content (AvgIpc) is 3.05. The van der Waals surface area contributed by atoms with Gasteiger partial charge in [-0.2, -0.15) is 0 Å². The number of phenolic OH excluding ortho intramolecular Hbond substituents is 1. The van der Waals surface area contributed by atoms with Crippen molar-refractivity contribution in [3.05, 3.63) is 41.5 Å². The summed E-state index contributed by atoms with van der Waals surface area (Å²) in [6.45, 7) is 13.9. The predicted molar refractivity (Wildman–Crippen MR) is 126 cm³/mol. The molecule has 0 aromatic heterocycles. The number of Topliss-reactive ketones (excluding diaryl/α,β-unsaturated/α-hetero) is 1. The summed E-state index contributed by atoms with van der Waals surface area (Å²) in [5, 5.41) is 9.86. The molecule has 0 saturated heterocycles. The van der Waals surface area contributed by atoms with E-state index in [9.17, 15) is 9.90 Å². The second-order valence-electron chi connectivity index (χ2n) is 10.9. The molecule has 6 atom stereocenters. The topological polar surface area (TPSA) is 37.3 Å². The minimum atomic E-state index is 0.182. The zero-order valence-corrected chi connectivity index (χ0v) is 19.9. The standard InChI is InChI=1S/C28H42O2/c1-18(2)19(3)7-8-21(5)25-13-14-26-24(27(30)15-16-28(25,26)6)12-10-22-17-23(29)11-9-20(22)4/h7-9,11,17-19,21,24-26,29H,10,12-16H2,1-6H3/b8-7+/t19?,21-,24+,25-,26+,28-/m1/s1. The zero-order chi connectivity index (χ0) is 22.1. The zero-order valence-electron chi connectivity index (χ0n) is 19.9. The van der Waals surface area contributed by atoms with Gasteiger partial charge >= 0.3 is 0 Å². The van der Waals surface area contributed by atoms with Crippen LogP contribution >= 0.6 is 0 Å². The second-order valence-corrected chi connectivity index (χ2v) is 10.9. The fourth-order valence-corrected chi connectivity index (χ4v) is 6.30. The highest BCUT2D eigenvalue weighted by molar-refractivity contribution is 5.82. The minimum Gasteiger partial charge on any atom is -0.508 e. The maximum Gasteiger partial charge on any atom is 0.136 e. The first-order chi connectivity index (χ1) is 14.1. The fourth-order valence-electron chi connectivity index (χ4n) is 6.30. The van der Waals surface area contributed by atoms with Crippen LogP contribution in [0.25, 0.3) is 0 Å². The molecule has 0 aliphatic heterocycles. The maximum absolute atomic E-state index is 13.0. The molecule has 2 nitrogen and oxygen atoms in total. The Morgan fingerprint density at radius 2 is 1.90 bits per heavy atom. The van der Waals surface area contributed by atoms with E-state index in [1.807, 2.05) is 12.1 Å². The van der Waals surface area contributed by atoms with Crippen molar-refractivity contribution >= 4 is 5.78 Å². The van der Waals surface area contributed by atoms with Crippen LogP contribution in [0.5, 0.6) is 5.75 Å². The average molecular weight is 411 g/mol. The highest BCUT2D eigenvalue weighted by Gasteiger charge is 2.54. The number of hydrogen-bond acceptors (Lipinski definition) is 2. The van der Waals surface area contributed by atoms with Gasteiger partial charge in [0.2, 0.25) is 0 Å². The monoisotopic (exact) mass is 410 g/mol. The molecule has 1 N–H and O–H groups in total. The molecule has 2 aliphatic rings. The summed E-state index contributed by atoms with van der Waals surface area (Å²) in [5.41, 5.74) is 2.67. The van der Waals surface area contributed by atoms with Crippen molar-refractivity contribution in [3.63, 3.8) is 0 Å². The number of phenols is 1. The van der Waals surface area contributed by atoms with Crippen molar-refractivity contribution < 1.29 is 9.90 Å². The maximum atomic E-state index is 13.0. The number of allylic oxidation sites excluding steroid dienone is 2. The van der Waals surface area contributed by atoms with E-state index in [4.69, 9.17) is 0 Å². The summed E-state index contributed by atoms with van der Waals surface area (Å²) >= 11 is 0. The summed E-state index contributed by atoms with van der Waals surface area (Å²) < 4.78 is 0. The van der Waals surface area contributed by atoms with Crippen LogP contribution in [0.4, 0.5) is 0 Å². The van der Waals surface area contributed by atoms with Crippen LogP contribution < -0.4 is 0 Å². The summed E-state index contributed by atoms with van der Waals surface area (Å²) in [6, 6.07) is 5.61. The van der Waals surface area contributed by atoms with Gasteiger partial charge in [0.25, 0.3) is 0 Å². The van der Waals surface area contributed by atoms with E-state index < -0.39 is 0 Å². The predicted octanol–water partition coefficient (Wildman–Crippen LogP) is 7.13. The van der Waals surface area contributed by atoms with Crippen molar-refractivity contribution in [1.29, 1.82) is 0 Å². The fraction of sp³-hybridized carbons (Fsp3) is 0.679. The first-order valence-electron chi connectivity index (χ1n) is 12.1. The largest absolute Gasteiger partial charge is 0.508 e. The van der Waals surface area contributed by atoms with Gasteiger partial charge in [0, 0.05) is 12.3 Å². The smallest absolute Gasteiger partial charge is 0.136 e. The number of benzene rings is 1. The van der Waals surface area contributed by atoms with Gasteiger partial charge in [-0.3, -0.25) is 4.79 Å². The van der Waals surface area contributed by atoms with Crippen molar-refractivity contribution in [2.45, 2.75) is 80.1 Å². The number of aromatic hydroxyl groups is 1. The molecule has 2 heteroatoms. The first kappa shape index (κ1) is 23.1. The molecule has 0 amide bonds. The van der Waals surface area contributed by atoms with E-state index in [0.29, 0.717) is 41.1 Å². The Bertz CT molecular complexity index is 777. The number of ketones is 1. The second kappa shape index (κ2) is 9.28. The molecule has 0 bridgehead atoms. The van der Waals surface area contributed by atoms with Crippen LogP contribution in [0, 0.1) is 47.8 Å². The summed E-state index contributed by atoms with van der Waals surface area (Å²) in [5.74, 6) is 4.04. The highest BCUT2D eigenvalue weighted by atomic mass is 16.3. The van der Waals surface area contributed by atoms with E-state index in [2.05, 4.69) is 53.7 Å². The van der Waals surface area contributed by atoms with Crippen molar-refractivity contribution in [2.75, 3.05) is 0 Å². The lowest BCUT2D eigenvalue weighted by molar-refractivity contribution is -0.132. The molecule has 1 unspecified atom stereocenters. The number of rotatable bonds is 7. The quantitative estimate of drug-likeness (QED) is 0.485. The van der Waals surface area contributed by atoms with Gasteiger partial charge < -0.3 is 5.11 Å². The van der Waals surface area contributed by atoms with Crippen molar-refractivity contribution in [1.82, 2.24) is 0 Å². The molecule has 0 spiro atoms. The third-order valence-electron chi connectivity index (χ3n) is 8.75. The van der Waals surface area contributed by atoms with Gasteiger partial charge in [0.15, 0.2) is 0 Å². The number of aryl methyl sites for hydroxylation is 2. The lowest BCUT2D eigenvalue weighted by atomic mass is 9.58. The van der Waals surface area contributed by atoms with Crippen LogP contribution in [0.15, 0.2) is 30.4 Å². The van der Waals surface area contributed by atoms with Gasteiger partial charge in [-0.1, -0.05) is 52.8 Å². The Hall–Kier alpha value is -1.57. The Labute approximate surface area is 184 Å². The van der Waals surface area contributed by atoms with Crippen LogP contribution in [0.3, 0.4) is 0 Å². The molecule has 2 saturated carbocycles. The molecule has 0 heterocycles. The van der Waals surface area contributed by atoms with Crippen LogP contribution in [0.1, 0.15) is 77.8 Å². The molecule has 1 aromatic carbocycles. The molecule has 2 aliphatic carbocycles. The van der Waals surface area contributed by atoms with E-state index in [0.717, 1.165) is 25.7 Å². The van der Waals surface area contributed by atoms with Gasteiger partial charge in [0.05, 0.1) is 0 Å². The normalized spacial score (nSPS) is 31.3. The number of fused-ring (bicyclic) bond motifs is 1. The van der Waals surface area contributed by atoms with Crippen molar-refractivity contribution in [2.24, 2.45) is 40.9 Å². The van der Waals surface area contributed by atoms with E-state index in [1.54, 1.807) is 6.07 Å². The molecular formula is C28H42O2. The third kappa shape index (κ3) is 4.68. The molecule has 0 radical (unpaired) electrons. The first-order valence-corrected chi connectivity index (χ1v) is 12.1.